The first-order valence-corrected chi connectivity index (χ1v) is 5.86. The summed E-state index contributed by atoms with van der Waals surface area (Å²) in [6.45, 7) is 2.73. The second-order valence-corrected chi connectivity index (χ2v) is 4.59. The molecule has 1 saturated heterocycles. The molecule has 0 aromatic carbocycles. The van der Waals surface area contributed by atoms with Crippen molar-refractivity contribution in [1.82, 2.24) is 4.98 Å². The molecule has 5 heteroatoms. The van der Waals surface area contributed by atoms with Crippen molar-refractivity contribution in [2.75, 3.05) is 17.2 Å². The first-order chi connectivity index (χ1) is 8.09. The van der Waals surface area contributed by atoms with Crippen LogP contribution in [0, 0.1) is 5.92 Å². The summed E-state index contributed by atoms with van der Waals surface area (Å²) in [6.07, 6.45) is 3.50. The predicted molar refractivity (Wildman–Crippen MR) is 67.4 cm³/mol. The zero-order valence-corrected chi connectivity index (χ0v) is 9.97. The SMILES string of the molecule is CC1CCC(C(N)=O)CN1c1ncccc1N. The number of aromatic nitrogens is 1. The summed E-state index contributed by atoms with van der Waals surface area (Å²) < 4.78 is 0. The molecular weight excluding hydrogens is 216 g/mol. The molecule has 0 radical (unpaired) electrons. The number of hydrogen-bond acceptors (Lipinski definition) is 4. The minimum Gasteiger partial charge on any atom is -0.396 e. The van der Waals surface area contributed by atoms with Crippen LogP contribution in [0.4, 0.5) is 11.5 Å². The van der Waals surface area contributed by atoms with E-state index in [2.05, 4.69) is 16.8 Å². The van der Waals surface area contributed by atoms with Crippen LogP contribution in [-0.2, 0) is 4.79 Å². The number of rotatable bonds is 2. The zero-order chi connectivity index (χ0) is 12.4. The van der Waals surface area contributed by atoms with Crippen LogP contribution >= 0.6 is 0 Å². The topological polar surface area (TPSA) is 85.2 Å². The summed E-state index contributed by atoms with van der Waals surface area (Å²) in [5.41, 5.74) is 11.9. The van der Waals surface area contributed by atoms with E-state index in [1.165, 1.54) is 0 Å². The van der Waals surface area contributed by atoms with Gasteiger partial charge in [0.2, 0.25) is 5.91 Å². The maximum atomic E-state index is 11.3. The van der Waals surface area contributed by atoms with E-state index in [1.807, 2.05) is 6.07 Å². The molecule has 1 aromatic heterocycles. The third-order valence-electron chi connectivity index (χ3n) is 3.37. The summed E-state index contributed by atoms with van der Waals surface area (Å²) in [5.74, 6) is 0.412. The van der Waals surface area contributed by atoms with Crippen LogP contribution in [0.25, 0.3) is 0 Å². The molecule has 1 aliphatic rings. The molecule has 0 saturated carbocycles. The molecule has 2 atom stereocenters. The largest absolute Gasteiger partial charge is 0.396 e. The lowest BCUT2D eigenvalue weighted by atomic mass is 9.93. The molecular formula is C12H18N4O. The van der Waals surface area contributed by atoms with Crippen LogP contribution in [0.5, 0.6) is 0 Å². The Bertz CT molecular complexity index is 421. The van der Waals surface area contributed by atoms with Gasteiger partial charge in [0.25, 0.3) is 0 Å². The lowest BCUT2D eigenvalue weighted by Crippen LogP contribution is -2.46. The van der Waals surface area contributed by atoms with Crippen molar-refractivity contribution in [2.45, 2.75) is 25.8 Å². The molecule has 1 fully saturated rings. The fourth-order valence-corrected chi connectivity index (χ4v) is 2.28. The fraction of sp³-hybridized carbons (Fsp3) is 0.500. The highest BCUT2D eigenvalue weighted by molar-refractivity contribution is 5.78. The van der Waals surface area contributed by atoms with Crippen LogP contribution < -0.4 is 16.4 Å². The second-order valence-electron chi connectivity index (χ2n) is 4.59. The Balaban J connectivity index is 2.24. The Labute approximate surface area is 101 Å². The summed E-state index contributed by atoms with van der Waals surface area (Å²) in [4.78, 5) is 17.6. The maximum absolute atomic E-state index is 11.3. The van der Waals surface area contributed by atoms with Gasteiger partial charge in [-0.15, -0.1) is 0 Å². The molecule has 0 spiro atoms. The van der Waals surface area contributed by atoms with Gasteiger partial charge in [0.05, 0.1) is 11.6 Å². The van der Waals surface area contributed by atoms with E-state index in [0.29, 0.717) is 18.3 Å². The molecule has 5 nitrogen and oxygen atoms in total. The average molecular weight is 234 g/mol. The smallest absolute Gasteiger partial charge is 0.222 e. The van der Waals surface area contributed by atoms with Crippen LogP contribution in [0.15, 0.2) is 18.3 Å². The Morgan fingerprint density at radius 3 is 2.94 bits per heavy atom. The van der Waals surface area contributed by atoms with Gasteiger partial charge in [-0.2, -0.15) is 0 Å². The highest BCUT2D eigenvalue weighted by atomic mass is 16.1. The van der Waals surface area contributed by atoms with E-state index in [0.717, 1.165) is 18.7 Å². The van der Waals surface area contributed by atoms with Crippen molar-refractivity contribution >= 4 is 17.4 Å². The molecule has 4 N–H and O–H groups in total. The van der Waals surface area contributed by atoms with Gasteiger partial charge in [-0.25, -0.2) is 4.98 Å². The van der Waals surface area contributed by atoms with Crippen molar-refractivity contribution in [3.8, 4) is 0 Å². The van der Waals surface area contributed by atoms with E-state index < -0.39 is 0 Å². The molecule has 17 heavy (non-hydrogen) atoms. The number of hydrogen-bond donors (Lipinski definition) is 2. The van der Waals surface area contributed by atoms with Crippen LogP contribution in [-0.4, -0.2) is 23.5 Å². The lowest BCUT2D eigenvalue weighted by molar-refractivity contribution is -0.122. The second kappa shape index (κ2) is 4.61. The molecule has 1 aromatic rings. The first kappa shape index (κ1) is 11.7. The molecule has 1 aliphatic heterocycles. The molecule has 2 unspecified atom stereocenters. The number of nitrogen functional groups attached to an aromatic ring is 1. The first-order valence-electron chi connectivity index (χ1n) is 5.86. The summed E-state index contributed by atoms with van der Waals surface area (Å²) in [7, 11) is 0. The lowest BCUT2D eigenvalue weighted by Gasteiger charge is -2.38. The molecule has 1 amide bonds. The number of amides is 1. The Morgan fingerprint density at radius 1 is 1.53 bits per heavy atom. The van der Waals surface area contributed by atoms with E-state index in [4.69, 9.17) is 11.5 Å². The third kappa shape index (κ3) is 2.33. The van der Waals surface area contributed by atoms with Gasteiger partial charge in [-0.1, -0.05) is 0 Å². The maximum Gasteiger partial charge on any atom is 0.222 e. The molecule has 0 aliphatic carbocycles. The number of primary amides is 1. The zero-order valence-electron chi connectivity index (χ0n) is 9.97. The summed E-state index contributed by atoms with van der Waals surface area (Å²) in [6, 6.07) is 3.96. The van der Waals surface area contributed by atoms with E-state index in [9.17, 15) is 4.79 Å². The van der Waals surface area contributed by atoms with Gasteiger partial charge in [-0.05, 0) is 31.9 Å². The third-order valence-corrected chi connectivity index (χ3v) is 3.37. The summed E-state index contributed by atoms with van der Waals surface area (Å²) >= 11 is 0. The minimum absolute atomic E-state index is 0.104. The quantitative estimate of drug-likeness (QED) is 0.791. The highest BCUT2D eigenvalue weighted by Crippen LogP contribution is 2.29. The van der Waals surface area contributed by atoms with Crippen LogP contribution in [0.3, 0.4) is 0 Å². The van der Waals surface area contributed by atoms with Crippen molar-refractivity contribution in [3.05, 3.63) is 18.3 Å². The van der Waals surface area contributed by atoms with Crippen molar-refractivity contribution in [1.29, 1.82) is 0 Å². The van der Waals surface area contributed by atoms with Crippen LogP contribution in [0.1, 0.15) is 19.8 Å². The fourth-order valence-electron chi connectivity index (χ4n) is 2.28. The van der Waals surface area contributed by atoms with Gasteiger partial charge in [0.1, 0.15) is 0 Å². The highest BCUT2D eigenvalue weighted by Gasteiger charge is 2.30. The van der Waals surface area contributed by atoms with Gasteiger partial charge in [0.15, 0.2) is 5.82 Å². The average Bonchev–Trinajstić information content (AvgIpc) is 2.30. The summed E-state index contributed by atoms with van der Waals surface area (Å²) in [5, 5.41) is 0. The van der Waals surface area contributed by atoms with E-state index in [-0.39, 0.29) is 11.8 Å². The van der Waals surface area contributed by atoms with Crippen molar-refractivity contribution < 1.29 is 4.79 Å². The molecule has 0 bridgehead atoms. The van der Waals surface area contributed by atoms with Gasteiger partial charge < -0.3 is 16.4 Å². The number of pyridine rings is 1. The van der Waals surface area contributed by atoms with E-state index >= 15 is 0 Å². The number of piperidine rings is 1. The van der Waals surface area contributed by atoms with Crippen molar-refractivity contribution in [3.63, 3.8) is 0 Å². The van der Waals surface area contributed by atoms with Crippen molar-refractivity contribution in [2.24, 2.45) is 11.7 Å². The van der Waals surface area contributed by atoms with Gasteiger partial charge in [-0.3, -0.25) is 4.79 Å². The molecule has 2 rings (SSSR count). The number of anilines is 2. The normalized spacial score (nSPS) is 24.6. The molecule has 2 heterocycles. The molecule has 92 valence electrons. The van der Waals surface area contributed by atoms with Gasteiger partial charge in [0, 0.05) is 18.8 Å². The standard InChI is InChI=1S/C12H18N4O/c1-8-4-5-9(11(14)17)7-16(8)12-10(13)3-2-6-15-12/h2-3,6,8-9H,4-5,7,13H2,1H3,(H2,14,17). The number of nitrogens with two attached hydrogens (primary N) is 2. The minimum atomic E-state index is -0.239. The van der Waals surface area contributed by atoms with E-state index in [1.54, 1.807) is 12.3 Å². The number of carbonyl (C=O) groups excluding carboxylic acids is 1. The number of carbonyl (C=O) groups is 1. The monoisotopic (exact) mass is 234 g/mol. The Morgan fingerprint density at radius 2 is 2.29 bits per heavy atom. The Hall–Kier alpha value is -1.78. The predicted octanol–water partition coefficient (Wildman–Crippen LogP) is 0.754. The Kier molecular flexibility index (Phi) is 3.17. The van der Waals surface area contributed by atoms with Crippen LogP contribution in [0.2, 0.25) is 0 Å². The number of nitrogens with zero attached hydrogens (tertiary/aromatic N) is 2. The van der Waals surface area contributed by atoms with Gasteiger partial charge >= 0.3 is 0 Å².